The number of aromatic nitrogens is 1. The number of H-pyrrole nitrogens is 1. The summed E-state index contributed by atoms with van der Waals surface area (Å²) in [7, 11) is -3.63. The third-order valence-corrected chi connectivity index (χ3v) is 7.76. The van der Waals surface area contributed by atoms with E-state index in [1.54, 1.807) is 6.07 Å². The number of piperazine rings is 1. The number of carbonyl (C=O) groups excluding carboxylic acids is 1. The smallest absolute Gasteiger partial charge is 0.282 e. The van der Waals surface area contributed by atoms with Crippen LogP contribution in [0.2, 0.25) is 0 Å². The van der Waals surface area contributed by atoms with Gasteiger partial charge in [0.2, 0.25) is 0 Å². The van der Waals surface area contributed by atoms with Gasteiger partial charge in [-0.15, -0.1) is 0 Å². The number of nitrogens with one attached hydrogen (secondary N) is 1. The second kappa shape index (κ2) is 9.14. The van der Waals surface area contributed by atoms with Crippen molar-refractivity contribution in [3.05, 3.63) is 58.4 Å². The highest BCUT2D eigenvalue weighted by Crippen LogP contribution is 2.20. The van der Waals surface area contributed by atoms with E-state index >= 15 is 0 Å². The molecule has 2 aliphatic rings. The molecule has 2 aromatic rings. The number of carbonyl (C=O) groups is 1. The summed E-state index contributed by atoms with van der Waals surface area (Å²) >= 11 is 0. The minimum absolute atomic E-state index is 0.0526. The zero-order chi connectivity index (χ0) is 22.9. The molecular weight excluding hydrogens is 432 g/mol. The van der Waals surface area contributed by atoms with Gasteiger partial charge < -0.3 is 14.6 Å². The molecule has 1 N–H and O–H groups in total. The van der Waals surface area contributed by atoms with E-state index in [9.17, 15) is 18.0 Å². The van der Waals surface area contributed by atoms with Crippen LogP contribution in [0.3, 0.4) is 0 Å². The van der Waals surface area contributed by atoms with Gasteiger partial charge in [0.1, 0.15) is 5.56 Å². The van der Waals surface area contributed by atoms with Crippen LogP contribution in [0.4, 0.5) is 0 Å². The van der Waals surface area contributed by atoms with E-state index in [1.165, 1.54) is 19.6 Å². The number of hydrogen-bond acceptors (Lipinski definition) is 5. The Bertz CT molecular complexity index is 1120. The summed E-state index contributed by atoms with van der Waals surface area (Å²) in [6.45, 7) is 5.18. The number of benzene rings is 1. The van der Waals surface area contributed by atoms with Crippen LogP contribution >= 0.6 is 0 Å². The Morgan fingerprint density at radius 1 is 0.938 bits per heavy atom. The molecule has 3 heterocycles. The summed E-state index contributed by atoms with van der Waals surface area (Å²) in [5, 5.41) is 0. The van der Waals surface area contributed by atoms with Crippen molar-refractivity contribution in [2.45, 2.75) is 26.1 Å². The second-order valence-electron chi connectivity index (χ2n) is 8.25. The number of morpholine rings is 1. The van der Waals surface area contributed by atoms with Crippen molar-refractivity contribution < 1.29 is 17.9 Å². The fourth-order valence-electron chi connectivity index (χ4n) is 4.20. The third-order valence-electron chi connectivity index (χ3n) is 5.79. The molecular formula is C22H28N4O5S. The first kappa shape index (κ1) is 22.7. The van der Waals surface area contributed by atoms with Gasteiger partial charge in [0, 0.05) is 45.0 Å². The van der Waals surface area contributed by atoms with E-state index in [-0.39, 0.29) is 44.0 Å². The lowest BCUT2D eigenvalue weighted by Crippen LogP contribution is -2.57. The number of rotatable bonds is 4. The molecule has 1 aromatic carbocycles. The van der Waals surface area contributed by atoms with Crippen molar-refractivity contribution in [3.63, 3.8) is 0 Å². The highest BCUT2D eigenvalue weighted by atomic mass is 32.2. The Kier molecular flexibility index (Phi) is 6.47. The molecule has 0 bridgehead atoms. The summed E-state index contributed by atoms with van der Waals surface area (Å²) in [6.07, 6.45) is -0.330. The van der Waals surface area contributed by atoms with Gasteiger partial charge >= 0.3 is 0 Å². The summed E-state index contributed by atoms with van der Waals surface area (Å²) in [6, 6.07) is 12.6. The SMILES string of the molecule is CC1CN(S(=O)(=O)N2CCN(C(=O)c3ccc(-c4ccccc4)[nH]c3=O)CC2)CC(C)O1. The molecule has 0 radical (unpaired) electrons. The molecule has 2 atom stereocenters. The first-order valence-corrected chi connectivity index (χ1v) is 12.1. The maximum Gasteiger partial charge on any atom is 0.282 e. The minimum Gasteiger partial charge on any atom is -0.373 e. The normalized spacial score (nSPS) is 23.2. The van der Waals surface area contributed by atoms with Crippen LogP contribution in [0.15, 0.2) is 47.3 Å². The molecule has 2 saturated heterocycles. The summed E-state index contributed by atoms with van der Waals surface area (Å²) < 4.78 is 34.6. The average molecular weight is 461 g/mol. The number of pyridine rings is 1. The maximum absolute atomic E-state index is 13.0. The summed E-state index contributed by atoms with van der Waals surface area (Å²) in [5.41, 5.74) is 1.09. The van der Waals surface area contributed by atoms with Crippen LogP contribution in [0.25, 0.3) is 11.3 Å². The predicted molar refractivity (Wildman–Crippen MR) is 120 cm³/mol. The van der Waals surface area contributed by atoms with Gasteiger partial charge in [0.05, 0.1) is 12.2 Å². The van der Waals surface area contributed by atoms with Crippen LogP contribution in [0.5, 0.6) is 0 Å². The van der Waals surface area contributed by atoms with Crippen molar-refractivity contribution >= 4 is 16.1 Å². The average Bonchev–Trinajstić information content (AvgIpc) is 2.78. The Morgan fingerprint density at radius 3 is 2.16 bits per heavy atom. The van der Waals surface area contributed by atoms with E-state index < -0.39 is 21.7 Å². The molecule has 1 aromatic heterocycles. The summed E-state index contributed by atoms with van der Waals surface area (Å²) in [5.74, 6) is -0.392. The maximum atomic E-state index is 13.0. The molecule has 32 heavy (non-hydrogen) atoms. The first-order valence-electron chi connectivity index (χ1n) is 10.7. The second-order valence-corrected chi connectivity index (χ2v) is 10.2. The lowest BCUT2D eigenvalue weighted by atomic mass is 10.1. The van der Waals surface area contributed by atoms with Crippen molar-refractivity contribution in [1.82, 2.24) is 18.5 Å². The van der Waals surface area contributed by atoms with Crippen LogP contribution in [0.1, 0.15) is 24.2 Å². The standard InChI is InChI=1S/C22H28N4O5S/c1-16-14-26(15-17(2)31-16)32(29,30)25-12-10-24(11-13-25)22(28)19-8-9-20(23-21(19)27)18-6-4-3-5-7-18/h3-9,16-17H,10-15H2,1-2H3,(H,23,27). The van der Waals surface area contributed by atoms with Crippen molar-refractivity contribution in [1.29, 1.82) is 0 Å². The van der Waals surface area contributed by atoms with E-state index in [4.69, 9.17) is 4.74 Å². The Balaban J connectivity index is 1.42. The number of ether oxygens (including phenoxy) is 1. The third kappa shape index (κ3) is 4.63. The van der Waals surface area contributed by atoms with Gasteiger partial charge in [0.25, 0.3) is 21.7 Å². The van der Waals surface area contributed by atoms with E-state index in [0.29, 0.717) is 18.8 Å². The first-order chi connectivity index (χ1) is 15.3. The lowest BCUT2D eigenvalue weighted by Gasteiger charge is -2.40. The zero-order valence-electron chi connectivity index (χ0n) is 18.2. The zero-order valence-corrected chi connectivity index (χ0v) is 19.0. The van der Waals surface area contributed by atoms with Crippen LogP contribution in [0, 0.1) is 0 Å². The molecule has 2 aliphatic heterocycles. The summed E-state index contributed by atoms with van der Waals surface area (Å²) in [4.78, 5) is 29.8. The van der Waals surface area contributed by atoms with Gasteiger partial charge in [-0.2, -0.15) is 17.0 Å². The van der Waals surface area contributed by atoms with Crippen molar-refractivity contribution in [3.8, 4) is 11.3 Å². The molecule has 172 valence electrons. The van der Waals surface area contributed by atoms with Crippen molar-refractivity contribution in [2.24, 2.45) is 0 Å². The fourth-order valence-corrected chi connectivity index (χ4v) is 5.95. The molecule has 10 heteroatoms. The van der Waals surface area contributed by atoms with Gasteiger partial charge in [-0.1, -0.05) is 30.3 Å². The highest BCUT2D eigenvalue weighted by Gasteiger charge is 2.37. The molecule has 2 fully saturated rings. The van der Waals surface area contributed by atoms with Gasteiger partial charge in [-0.05, 0) is 31.5 Å². The monoisotopic (exact) mass is 460 g/mol. The lowest BCUT2D eigenvalue weighted by molar-refractivity contribution is -0.0457. The number of amides is 1. The van der Waals surface area contributed by atoms with Crippen molar-refractivity contribution in [2.75, 3.05) is 39.3 Å². The van der Waals surface area contributed by atoms with Gasteiger partial charge in [-0.3, -0.25) is 9.59 Å². The van der Waals surface area contributed by atoms with Gasteiger partial charge in [-0.25, -0.2) is 0 Å². The molecule has 2 unspecified atom stereocenters. The van der Waals surface area contributed by atoms with Crippen LogP contribution in [-0.4, -0.2) is 84.3 Å². The highest BCUT2D eigenvalue weighted by molar-refractivity contribution is 7.86. The van der Waals surface area contributed by atoms with E-state index in [1.807, 2.05) is 44.2 Å². The molecule has 0 aliphatic carbocycles. The number of hydrogen-bond donors (Lipinski definition) is 1. The van der Waals surface area contributed by atoms with Crippen LogP contribution in [-0.2, 0) is 14.9 Å². The minimum atomic E-state index is -3.63. The predicted octanol–water partition coefficient (Wildman–Crippen LogP) is 1.15. The molecule has 1 amide bonds. The Labute approximate surface area is 187 Å². The molecule has 0 spiro atoms. The largest absolute Gasteiger partial charge is 0.373 e. The molecule has 0 saturated carbocycles. The van der Waals surface area contributed by atoms with Gasteiger partial charge in [0.15, 0.2) is 0 Å². The van der Waals surface area contributed by atoms with E-state index in [2.05, 4.69) is 4.98 Å². The number of aromatic amines is 1. The Morgan fingerprint density at radius 2 is 1.56 bits per heavy atom. The Hall–Kier alpha value is -2.53. The quantitative estimate of drug-likeness (QED) is 0.738. The van der Waals surface area contributed by atoms with Crippen LogP contribution < -0.4 is 5.56 Å². The van der Waals surface area contributed by atoms with E-state index in [0.717, 1.165) is 5.56 Å². The fraction of sp³-hybridized carbons (Fsp3) is 0.455. The topological polar surface area (TPSA) is 103 Å². The molecule has 4 rings (SSSR count). The molecule has 9 nitrogen and oxygen atoms in total. The number of nitrogens with zero attached hydrogens (tertiary/aromatic N) is 3.